The lowest BCUT2D eigenvalue weighted by Crippen LogP contribution is -2.30. The summed E-state index contributed by atoms with van der Waals surface area (Å²) >= 11 is 0. The molecule has 0 radical (unpaired) electrons. The Balaban J connectivity index is 2.90. The van der Waals surface area contributed by atoms with Crippen molar-refractivity contribution in [3.8, 4) is 5.75 Å². The van der Waals surface area contributed by atoms with Crippen molar-refractivity contribution in [3.05, 3.63) is 28.3 Å². The van der Waals surface area contributed by atoms with Crippen LogP contribution >= 0.6 is 0 Å². The largest absolute Gasteiger partial charge is 0.487 e. The first-order valence-electron chi connectivity index (χ1n) is 7.35. The highest BCUT2D eigenvalue weighted by molar-refractivity contribution is 5.58. The maximum Gasteiger partial charge on any atom is 0.311 e. The zero-order valence-electron chi connectivity index (χ0n) is 13.0. The fraction of sp³-hybridized carbons (Fsp3) is 0.600. The zero-order valence-corrected chi connectivity index (χ0v) is 13.0. The van der Waals surface area contributed by atoms with Crippen molar-refractivity contribution in [2.24, 2.45) is 11.7 Å². The summed E-state index contributed by atoms with van der Waals surface area (Å²) in [5, 5.41) is 14.3. The van der Waals surface area contributed by atoms with Crippen LogP contribution < -0.4 is 15.8 Å². The normalized spacial score (nSPS) is 12.2. The van der Waals surface area contributed by atoms with Crippen molar-refractivity contribution in [2.45, 2.75) is 39.7 Å². The van der Waals surface area contributed by atoms with E-state index in [1.807, 2.05) is 6.92 Å². The fourth-order valence-corrected chi connectivity index (χ4v) is 2.10. The van der Waals surface area contributed by atoms with Gasteiger partial charge in [-0.25, -0.2) is 0 Å². The average Bonchev–Trinajstić information content (AvgIpc) is 2.43. The van der Waals surface area contributed by atoms with Crippen molar-refractivity contribution >= 4 is 11.4 Å². The van der Waals surface area contributed by atoms with Gasteiger partial charge in [-0.15, -0.1) is 0 Å². The molecule has 0 aliphatic rings. The molecule has 0 aliphatic heterocycles. The molecule has 1 atom stereocenters. The Kier molecular flexibility index (Phi) is 6.94. The van der Waals surface area contributed by atoms with Crippen LogP contribution in [0.5, 0.6) is 5.75 Å². The molecule has 0 saturated carbocycles. The van der Waals surface area contributed by atoms with Gasteiger partial charge in [0.15, 0.2) is 5.75 Å². The molecule has 1 aromatic rings. The van der Waals surface area contributed by atoms with Gasteiger partial charge in [0.05, 0.1) is 11.5 Å². The number of nitrogens with one attached hydrogen (secondary N) is 1. The van der Waals surface area contributed by atoms with E-state index in [2.05, 4.69) is 19.2 Å². The van der Waals surface area contributed by atoms with E-state index in [1.165, 1.54) is 6.07 Å². The van der Waals surface area contributed by atoms with E-state index in [9.17, 15) is 10.1 Å². The predicted molar refractivity (Wildman–Crippen MR) is 84.8 cm³/mol. The molecule has 1 aromatic carbocycles. The molecule has 1 unspecified atom stereocenters. The maximum absolute atomic E-state index is 11.0. The summed E-state index contributed by atoms with van der Waals surface area (Å²) in [6.45, 7) is 7.20. The number of benzene rings is 1. The highest BCUT2D eigenvalue weighted by Gasteiger charge is 2.17. The molecule has 0 fully saturated rings. The molecule has 21 heavy (non-hydrogen) atoms. The summed E-state index contributed by atoms with van der Waals surface area (Å²) < 4.78 is 5.47. The van der Waals surface area contributed by atoms with Crippen LogP contribution in [0.15, 0.2) is 18.2 Å². The third kappa shape index (κ3) is 5.59. The first-order valence-corrected chi connectivity index (χ1v) is 7.35. The second kappa shape index (κ2) is 8.46. The average molecular weight is 295 g/mol. The van der Waals surface area contributed by atoms with Gasteiger partial charge in [0, 0.05) is 30.4 Å². The van der Waals surface area contributed by atoms with Crippen molar-refractivity contribution in [1.82, 2.24) is 0 Å². The topological polar surface area (TPSA) is 90.4 Å². The zero-order chi connectivity index (χ0) is 15.8. The molecule has 0 aromatic heterocycles. The van der Waals surface area contributed by atoms with Crippen LogP contribution in [0.2, 0.25) is 0 Å². The number of nitrogens with zero attached hydrogens (tertiary/aromatic N) is 1. The Morgan fingerprint density at radius 3 is 2.67 bits per heavy atom. The van der Waals surface area contributed by atoms with Crippen molar-refractivity contribution < 1.29 is 9.66 Å². The van der Waals surface area contributed by atoms with E-state index in [-0.39, 0.29) is 11.7 Å². The second-order valence-electron chi connectivity index (χ2n) is 5.49. The maximum atomic E-state index is 11.0. The quantitative estimate of drug-likeness (QED) is 0.539. The van der Waals surface area contributed by atoms with Gasteiger partial charge in [-0.1, -0.05) is 20.8 Å². The molecule has 0 aliphatic carbocycles. The van der Waals surface area contributed by atoms with Gasteiger partial charge in [-0.3, -0.25) is 10.1 Å². The third-order valence-electron chi connectivity index (χ3n) is 3.03. The molecule has 3 N–H and O–H groups in total. The lowest BCUT2D eigenvalue weighted by atomic mass is 10.0. The first-order chi connectivity index (χ1) is 9.97. The van der Waals surface area contributed by atoms with Gasteiger partial charge in [0.1, 0.15) is 0 Å². The van der Waals surface area contributed by atoms with Crippen LogP contribution in [0.1, 0.15) is 33.6 Å². The Hall–Kier alpha value is -1.82. The van der Waals surface area contributed by atoms with Crippen molar-refractivity contribution in [3.63, 3.8) is 0 Å². The number of rotatable bonds is 9. The monoisotopic (exact) mass is 295 g/mol. The Bertz CT molecular complexity index is 463. The molecule has 0 saturated heterocycles. The highest BCUT2D eigenvalue weighted by Crippen LogP contribution is 2.30. The predicted octanol–water partition coefficient (Wildman–Crippen LogP) is 3.17. The van der Waals surface area contributed by atoms with Gasteiger partial charge in [-0.2, -0.15) is 0 Å². The number of nitro groups is 1. The molecular weight excluding hydrogens is 270 g/mol. The number of nitro benzene ring substituents is 1. The summed E-state index contributed by atoms with van der Waals surface area (Å²) in [5.41, 5.74) is 6.55. The van der Waals surface area contributed by atoms with Crippen LogP contribution in [0.3, 0.4) is 0 Å². The van der Waals surface area contributed by atoms with Crippen LogP contribution in [0.25, 0.3) is 0 Å². The third-order valence-corrected chi connectivity index (χ3v) is 3.03. The Morgan fingerprint density at radius 1 is 1.43 bits per heavy atom. The summed E-state index contributed by atoms with van der Waals surface area (Å²) in [6.07, 6.45) is 1.74. The van der Waals surface area contributed by atoms with E-state index >= 15 is 0 Å². The molecule has 0 heterocycles. The number of hydrogen-bond acceptors (Lipinski definition) is 5. The highest BCUT2D eigenvalue weighted by atomic mass is 16.6. The molecule has 118 valence electrons. The van der Waals surface area contributed by atoms with E-state index in [0.717, 1.165) is 18.5 Å². The van der Waals surface area contributed by atoms with Gasteiger partial charge in [-0.05, 0) is 24.8 Å². The molecule has 0 bridgehead atoms. The van der Waals surface area contributed by atoms with Gasteiger partial charge in [0.2, 0.25) is 0 Å². The van der Waals surface area contributed by atoms with Crippen molar-refractivity contribution in [1.29, 1.82) is 0 Å². The van der Waals surface area contributed by atoms with E-state index in [0.29, 0.717) is 24.8 Å². The Morgan fingerprint density at radius 2 is 2.14 bits per heavy atom. The summed E-state index contributed by atoms with van der Waals surface area (Å²) in [5.74, 6) is 0.826. The minimum atomic E-state index is -0.427. The second-order valence-corrected chi connectivity index (χ2v) is 5.49. The molecule has 1 rings (SSSR count). The SMILES string of the molecule is CCCOc1cc(NC(CN)CC(C)C)ccc1[N+](=O)[O-]. The van der Waals surface area contributed by atoms with Crippen LogP contribution in [-0.4, -0.2) is 24.1 Å². The van der Waals surface area contributed by atoms with Crippen LogP contribution in [0.4, 0.5) is 11.4 Å². The van der Waals surface area contributed by atoms with Crippen LogP contribution in [0, 0.1) is 16.0 Å². The molecule has 6 nitrogen and oxygen atoms in total. The number of nitrogens with two attached hydrogens (primary N) is 1. The number of hydrogen-bond donors (Lipinski definition) is 2. The Labute approximate surface area is 125 Å². The van der Waals surface area contributed by atoms with E-state index < -0.39 is 4.92 Å². The van der Waals surface area contributed by atoms with E-state index in [1.54, 1.807) is 12.1 Å². The van der Waals surface area contributed by atoms with E-state index in [4.69, 9.17) is 10.5 Å². The summed E-state index contributed by atoms with van der Waals surface area (Å²) in [7, 11) is 0. The van der Waals surface area contributed by atoms with Crippen LogP contribution in [-0.2, 0) is 0 Å². The molecular formula is C15H25N3O3. The van der Waals surface area contributed by atoms with Gasteiger partial charge < -0.3 is 15.8 Å². The minimum Gasteiger partial charge on any atom is -0.487 e. The smallest absolute Gasteiger partial charge is 0.311 e. The summed E-state index contributed by atoms with van der Waals surface area (Å²) in [6, 6.07) is 4.98. The lowest BCUT2D eigenvalue weighted by molar-refractivity contribution is -0.385. The molecule has 0 spiro atoms. The first kappa shape index (κ1) is 17.2. The standard InChI is InChI=1S/C15H25N3O3/c1-4-7-21-15-9-12(5-6-14(15)18(19)20)17-13(10-16)8-11(2)3/h5-6,9,11,13,17H,4,7-8,10,16H2,1-3H3. The summed E-state index contributed by atoms with van der Waals surface area (Å²) in [4.78, 5) is 10.6. The number of ether oxygens (including phenoxy) is 1. The molecule has 6 heteroatoms. The van der Waals surface area contributed by atoms with Gasteiger partial charge in [0.25, 0.3) is 0 Å². The fourth-order valence-electron chi connectivity index (χ4n) is 2.10. The molecule has 0 amide bonds. The lowest BCUT2D eigenvalue weighted by Gasteiger charge is -2.20. The van der Waals surface area contributed by atoms with Crippen molar-refractivity contribution in [2.75, 3.05) is 18.5 Å². The number of anilines is 1. The van der Waals surface area contributed by atoms with Gasteiger partial charge >= 0.3 is 5.69 Å². The minimum absolute atomic E-state index is 0.0119.